The molecule has 1 aromatic rings. The quantitative estimate of drug-likeness (QED) is 0.753. The molecule has 1 aromatic heterocycles. The molecular formula is C12H19N3O2. The lowest BCUT2D eigenvalue weighted by Crippen LogP contribution is -2.44. The third kappa shape index (κ3) is 3.14. The summed E-state index contributed by atoms with van der Waals surface area (Å²) in [6, 6.07) is 1.95. The van der Waals surface area contributed by atoms with Crippen molar-refractivity contribution >= 4 is 5.78 Å². The molecule has 0 aliphatic carbocycles. The van der Waals surface area contributed by atoms with Crippen LogP contribution >= 0.6 is 0 Å². The highest BCUT2D eigenvalue weighted by atomic mass is 16.5. The highest BCUT2D eigenvalue weighted by Crippen LogP contribution is 2.09. The molecule has 17 heavy (non-hydrogen) atoms. The first-order chi connectivity index (χ1) is 8.16. The Morgan fingerprint density at radius 1 is 1.59 bits per heavy atom. The Morgan fingerprint density at radius 2 is 2.41 bits per heavy atom. The van der Waals surface area contributed by atoms with E-state index in [1.165, 1.54) is 0 Å². The molecule has 5 nitrogen and oxygen atoms in total. The van der Waals surface area contributed by atoms with Crippen LogP contribution in [0.4, 0.5) is 0 Å². The zero-order valence-electron chi connectivity index (χ0n) is 10.4. The van der Waals surface area contributed by atoms with Gasteiger partial charge in [-0.3, -0.25) is 9.48 Å². The van der Waals surface area contributed by atoms with Gasteiger partial charge in [0.1, 0.15) is 6.10 Å². The van der Waals surface area contributed by atoms with Crippen molar-refractivity contribution in [2.75, 3.05) is 26.7 Å². The van der Waals surface area contributed by atoms with E-state index in [0.29, 0.717) is 19.6 Å². The Bertz CT molecular complexity index is 389. The number of hydrogen-bond donors (Lipinski definition) is 0. The normalized spacial score (nSPS) is 21.6. The first-order valence-electron chi connectivity index (χ1n) is 5.96. The average Bonchev–Trinajstić information content (AvgIpc) is 2.72. The van der Waals surface area contributed by atoms with Crippen LogP contribution in [-0.2, 0) is 23.0 Å². The molecule has 1 unspecified atom stereocenters. The number of aryl methyl sites for hydroxylation is 2. The van der Waals surface area contributed by atoms with Crippen LogP contribution in [0.1, 0.15) is 12.1 Å². The molecule has 0 amide bonds. The van der Waals surface area contributed by atoms with Crippen LogP contribution in [0.15, 0.2) is 12.3 Å². The molecule has 2 rings (SSSR count). The Balaban J connectivity index is 1.83. The van der Waals surface area contributed by atoms with Crippen molar-refractivity contribution < 1.29 is 9.53 Å². The number of likely N-dealkylation sites (N-methyl/N-ethyl adjacent to an activating group) is 1. The predicted molar refractivity (Wildman–Crippen MR) is 63.8 cm³/mol. The number of rotatable bonds is 4. The second-order valence-electron chi connectivity index (χ2n) is 4.53. The molecule has 0 bridgehead atoms. The summed E-state index contributed by atoms with van der Waals surface area (Å²) in [5.74, 6) is 0.192. The van der Waals surface area contributed by atoms with Crippen molar-refractivity contribution in [3.05, 3.63) is 18.0 Å². The molecule has 0 saturated carbocycles. The number of carbonyl (C=O) groups excluding carboxylic acids is 1. The highest BCUT2D eigenvalue weighted by Gasteiger charge is 2.24. The van der Waals surface area contributed by atoms with E-state index in [9.17, 15) is 4.79 Å². The van der Waals surface area contributed by atoms with E-state index < -0.39 is 0 Å². The molecule has 0 N–H and O–H groups in total. The molecule has 1 saturated heterocycles. The van der Waals surface area contributed by atoms with Crippen molar-refractivity contribution in [2.45, 2.75) is 18.9 Å². The van der Waals surface area contributed by atoms with Crippen LogP contribution in [0.25, 0.3) is 0 Å². The largest absolute Gasteiger partial charge is 0.368 e. The van der Waals surface area contributed by atoms with Gasteiger partial charge >= 0.3 is 0 Å². The zero-order valence-corrected chi connectivity index (χ0v) is 10.4. The minimum Gasteiger partial charge on any atom is -0.368 e. The number of ether oxygens (including phenoxy) is 1. The summed E-state index contributed by atoms with van der Waals surface area (Å²) in [5.41, 5.74) is 1.09. The average molecular weight is 237 g/mol. The number of Topliss-reactive ketones (excluding diaryl/α,β-unsaturated/α-hetero) is 1. The van der Waals surface area contributed by atoms with E-state index in [4.69, 9.17) is 4.74 Å². The van der Waals surface area contributed by atoms with Gasteiger partial charge in [-0.2, -0.15) is 5.10 Å². The van der Waals surface area contributed by atoms with Crippen LogP contribution in [0.3, 0.4) is 0 Å². The topological polar surface area (TPSA) is 47.4 Å². The summed E-state index contributed by atoms with van der Waals surface area (Å²) in [6.45, 7) is 2.27. The fourth-order valence-corrected chi connectivity index (χ4v) is 2.03. The van der Waals surface area contributed by atoms with Gasteiger partial charge in [0, 0.05) is 38.4 Å². The standard InChI is InChI=1S/C12H19N3O2/c1-14-7-8-17-12(9-14)11(16)4-3-10-5-6-13-15(10)2/h5-6,12H,3-4,7-9H2,1-2H3. The summed E-state index contributed by atoms with van der Waals surface area (Å²) < 4.78 is 7.30. The molecule has 2 heterocycles. The third-order valence-electron chi connectivity index (χ3n) is 3.18. The second kappa shape index (κ2) is 5.42. The van der Waals surface area contributed by atoms with Gasteiger partial charge < -0.3 is 9.64 Å². The minimum absolute atomic E-state index is 0.192. The Morgan fingerprint density at radius 3 is 3.06 bits per heavy atom. The number of ketones is 1. The van der Waals surface area contributed by atoms with Gasteiger partial charge in [0.05, 0.1) is 6.61 Å². The summed E-state index contributed by atoms with van der Waals surface area (Å²) >= 11 is 0. The third-order valence-corrected chi connectivity index (χ3v) is 3.18. The van der Waals surface area contributed by atoms with Crippen LogP contribution in [0.2, 0.25) is 0 Å². The van der Waals surface area contributed by atoms with Crippen LogP contribution in [-0.4, -0.2) is 53.3 Å². The first-order valence-corrected chi connectivity index (χ1v) is 5.96. The number of nitrogens with zero attached hydrogens (tertiary/aromatic N) is 3. The maximum Gasteiger partial charge on any atom is 0.163 e. The molecular weight excluding hydrogens is 218 g/mol. The summed E-state index contributed by atoms with van der Waals surface area (Å²) in [5, 5.41) is 4.09. The van der Waals surface area contributed by atoms with E-state index >= 15 is 0 Å². The molecule has 1 aliphatic rings. The van der Waals surface area contributed by atoms with Crippen LogP contribution in [0, 0.1) is 0 Å². The van der Waals surface area contributed by atoms with Gasteiger partial charge in [0.25, 0.3) is 0 Å². The van der Waals surface area contributed by atoms with Crippen molar-refractivity contribution in [3.8, 4) is 0 Å². The van der Waals surface area contributed by atoms with E-state index in [0.717, 1.165) is 18.7 Å². The molecule has 94 valence electrons. The van der Waals surface area contributed by atoms with Gasteiger partial charge in [-0.05, 0) is 19.5 Å². The lowest BCUT2D eigenvalue weighted by molar-refractivity contribution is -0.135. The molecule has 0 spiro atoms. The number of morpholine rings is 1. The monoisotopic (exact) mass is 237 g/mol. The van der Waals surface area contributed by atoms with Crippen molar-refractivity contribution in [3.63, 3.8) is 0 Å². The zero-order chi connectivity index (χ0) is 12.3. The molecule has 5 heteroatoms. The minimum atomic E-state index is -0.248. The summed E-state index contributed by atoms with van der Waals surface area (Å²) in [6.07, 6.45) is 2.77. The van der Waals surface area contributed by atoms with E-state index in [2.05, 4.69) is 10.00 Å². The molecule has 0 radical (unpaired) electrons. The number of carbonyl (C=O) groups is 1. The van der Waals surface area contributed by atoms with Gasteiger partial charge in [-0.1, -0.05) is 0 Å². The molecule has 1 aliphatic heterocycles. The molecule has 1 fully saturated rings. The number of hydrogen-bond acceptors (Lipinski definition) is 4. The van der Waals surface area contributed by atoms with E-state index in [1.807, 2.05) is 20.2 Å². The van der Waals surface area contributed by atoms with Crippen molar-refractivity contribution in [1.29, 1.82) is 0 Å². The Hall–Kier alpha value is -1.20. The van der Waals surface area contributed by atoms with Gasteiger partial charge in [-0.25, -0.2) is 0 Å². The highest BCUT2D eigenvalue weighted by molar-refractivity contribution is 5.83. The molecule has 0 aromatic carbocycles. The first kappa shape index (κ1) is 12.3. The maximum atomic E-state index is 12.0. The van der Waals surface area contributed by atoms with Crippen LogP contribution < -0.4 is 0 Å². The van der Waals surface area contributed by atoms with Crippen LogP contribution in [0.5, 0.6) is 0 Å². The Labute approximate surface area is 101 Å². The smallest absolute Gasteiger partial charge is 0.163 e. The van der Waals surface area contributed by atoms with Gasteiger partial charge in [-0.15, -0.1) is 0 Å². The summed E-state index contributed by atoms with van der Waals surface area (Å²) in [4.78, 5) is 14.1. The second-order valence-corrected chi connectivity index (χ2v) is 4.53. The van der Waals surface area contributed by atoms with Gasteiger partial charge in [0.2, 0.25) is 0 Å². The van der Waals surface area contributed by atoms with E-state index in [1.54, 1.807) is 10.9 Å². The molecule has 1 atom stereocenters. The van der Waals surface area contributed by atoms with Gasteiger partial charge in [0.15, 0.2) is 5.78 Å². The number of aromatic nitrogens is 2. The fraction of sp³-hybridized carbons (Fsp3) is 0.667. The summed E-state index contributed by atoms with van der Waals surface area (Å²) in [7, 11) is 3.91. The van der Waals surface area contributed by atoms with E-state index in [-0.39, 0.29) is 11.9 Å². The lowest BCUT2D eigenvalue weighted by atomic mass is 10.1. The van der Waals surface area contributed by atoms with Crippen molar-refractivity contribution in [2.24, 2.45) is 7.05 Å². The van der Waals surface area contributed by atoms with Crippen molar-refractivity contribution in [1.82, 2.24) is 14.7 Å². The lowest BCUT2D eigenvalue weighted by Gasteiger charge is -2.29. The maximum absolute atomic E-state index is 12.0. The fourth-order valence-electron chi connectivity index (χ4n) is 2.03. The SMILES string of the molecule is CN1CCOC(C(=O)CCc2ccnn2C)C1. The Kier molecular flexibility index (Phi) is 3.91. The predicted octanol–water partition coefficient (Wildman–Crippen LogP) is 0.252.